The van der Waals surface area contributed by atoms with Crippen LogP contribution in [0, 0.1) is 11.3 Å². The van der Waals surface area contributed by atoms with Crippen molar-refractivity contribution in [2.75, 3.05) is 0 Å². The molecule has 0 spiro atoms. The molecule has 1 aliphatic heterocycles. The molecule has 1 aliphatic rings. The van der Waals surface area contributed by atoms with Crippen molar-refractivity contribution in [1.82, 2.24) is 0 Å². The number of allylic oxidation sites excluding steroid dienone is 8. The molecular formula is C14H12N2OS2. The normalized spacial score (nSPS) is 19.6. The summed E-state index contributed by atoms with van der Waals surface area (Å²) in [6, 6.07) is 2.16. The van der Waals surface area contributed by atoms with E-state index < -0.39 is 0 Å². The zero-order chi connectivity index (χ0) is 14.1. The SMILES string of the molecule is C=C\C=C/C=C(C=C)/C(C#N)=C1\C=CS\C1=N/OS. The molecule has 96 valence electrons. The lowest BCUT2D eigenvalue weighted by atomic mass is 10.0. The molecule has 0 aromatic heterocycles. The number of nitrogens with zero attached hydrogens (tertiary/aromatic N) is 2. The Hall–Kier alpha value is -1.90. The highest BCUT2D eigenvalue weighted by Crippen LogP contribution is 2.29. The van der Waals surface area contributed by atoms with Crippen molar-refractivity contribution in [1.29, 1.82) is 5.26 Å². The molecule has 0 N–H and O–H groups in total. The Morgan fingerprint density at radius 1 is 1.47 bits per heavy atom. The maximum atomic E-state index is 9.33. The second-order valence-electron chi connectivity index (χ2n) is 3.25. The van der Waals surface area contributed by atoms with Gasteiger partial charge in [0.15, 0.2) is 0 Å². The molecule has 1 heterocycles. The molecule has 19 heavy (non-hydrogen) atoms. The molecule has 0 aromatic carbocycles. The number of thioether (sulfide) groups is 1. The van der Waals surface area contributed by atoms with Crippen molar-refractivity contribution in [3.63, 3.8) is 0 Å². The van der Waals surface area contributed by atoms with Gasteiger partial charge in [0, 0.05) is 5.57 Å². The Kier molecular flexibility index (Phi) is 6.58. The van der Waals surface area contributed by atoms with E-state index in [0.29, 0.717) is 21.8 Å². The summed E-state index contributed by atoms with van der Waals surface area (Å²) in [4.78, 5) is 0. The van der Waals surface area contributed by atoms with E-state index in [9.17, 15) is 5.26 Å². The Labute approximate surface area is 122 Å². The smallest absolute Gasteiger partial charge is 0.150 e. The Bertz CT molecular complexity index is 560. The van der Waals surface area contributed by atoms with Crippen LogP contribution in [0.3, 0.4) is 0 Å². The first-order chi connectivity index (χ1) is 9.28. The highest BCUT2D eigenvalue weighted by atomic mass is 32.2. The van der Waals surface area contributed by atoms with Crippen LogP contribution in [0.15, 0.2) is 76.9 Å². The Morgan fingerprint density at radius 2 is 2.26 bits per heavy atom. The van der Waals surface area contributed by atoms with Crippen LogP contribution in [0.2, 0.25) is 0 Å². The maximum Gasteiger partial charge on any atom is 0.150 e. The number of hydrogen-bond donors (Lipinski definition) is 1. The molecule has 0 saturated heterocycles. The van der Waals surface area contributed by atoms with Gasteiger partial charge in [0.1, 0.15) is 11.1 Å². The molecule has 0 saturated carbocycles. The highest BCUT2D eigenvalue weighted by Gasteiger charge is 2.18. The number of rotatable bonds is 5. The van der Waals surface area contributed by atoms with Crippen LogP contribution in [-0.2, 0) is 4.28 Å². The number of thiol groups is 1. The minimum Gasteiger partial charge on any atom is -0.324 e. The molecule has 5 heteroatoms. The summed E-state index contributed by atoms with van der Waals surface area (Å²) in [6.45, 7) is 7.31. The fraction of sp³-hybridized carbons (Fsp3) is 0. The van der Waals surface area contributed by atoms with Gasteiger partial charge in [-0.3, -0.25) is 0 Å². The fourth-order valence-electron chi connectivity index (χ4n) is 1.37. The molecule has 0 aromatic rings. The average Bonchev–Trinajstić information content (AvgIpc) is 2.87. The molecule has 0 atom stereocenters. The molecule has 0 radical (unpaired) electrons. The van der Waals surface area contributed by atoms with Crippen LogP contribution in [0.25, 0.3) is 0 Å². The van der Waals surface area contributed by atoms with Crippen molar-refractivity contribution < 1.29 is 4.28 Å². The monoisotopic (exact) mass is 288 g/mol. The van der Waals surface area contributed by atoms with Crippen molar-refractivity contribution >= 4 is 29.7 Å². The zero-order valence-electron chi connectivity index (χ0n) is 10.1. The third kappa shape index (κ3) is 4.05. The van der Waals surface area contributed by atoms with E-state index in [0.717, 1.165) is 0 Å². The van der Waals surface area contributed by atoms with Gasteiger partial charge in [-0.15, -0.1) is 0 Å². The van der Waals surface area contributed by atoms with Gasteiger partial charge in [-0.25, -0.2) is 0 Å². The highest BCUT2D eigenvalue weighted by molar-refractivity contribution is 8.17. The number of hydrogen-bond acceptors (Lipinski definition) is 5. The summed E-state index contributed by atoms with van der Waals surface area (Å²) in [7, 11) is 0. The van der Waals surface area contributed by atoms with Gasteiger partial charge in [-0.05, 0) is 17.1 Å². The maximum absolute atomic E-state index is 9.33. The first-order valence-electron chi connectivity index (χ1n) is 5.27. The number of nitriles is 1. The summed E-state index contributed by atoms with van der Waals surface area (Å²) in [5.41, 5.74) is 1.88. The third-order valence-electron chi connectivity index (χ3n) is 2.18. The lowest BCUT2D eigenvalue weighted by Crippen LogP contribution is -1.97. The van der Waals surface area contributed by atoms with Crippen LogP contribution in [-0.4, -0.2) is 5.04 Å². The minimum absolute atomic E-state index is 0.481. The van der Waals surface area contributed by atoms with E-state index in [1.807, 2.05) is 11.5 Å². The zero-order valence-corrected chi connectivity index (χ0v) is 11.8. The van der Waals surface area contributed by atoms with Crippen molar-refractivity contribution in [2.45, 2.75) is 0 Å². The molecule has 0 aliphatic carbocycles. The topological polar surface area (TPSA) is 45.4 Å². The predicted molar refractivity (Wildman–Crippen MR) is 84.5 cm³/mol. The van der Waals surface area contributed by atoms with Gasteiger partial charge in [0.05, 0.1) is 18.5 Å². The van der Waals surface area contributed by atoms with Crippen LogP contribution < -0.4 is 0 Å². The summed E-state index contributed by atoms with van der Waals surface area (Å²) in [5, 5.41) is 15.5. The standard InChI is InChI=1S/C14H12N2OS2/c1-3-5-6-7-11(4-2)13(10-15)12-8-9-19-14(12)16-17-18/h3-9,18H,1-2H2/b6-5-,11-7+,13-12+,16-14-. The molecule has 1 rings (SSSR count). The van der Waals surface area contributed by atoms with Crippen molar-refractivity contribution in [3.8, 4) is 6.07 Å². The summed E-state index contributed by atoms with van der Waals surface area (Å²) in [5.74, 6) is 0. The van der Waals surface area contributed by atoms with Crippen LogP contribution in [0.4, 0.5) is 0 Å². The molecule has 3 nitrogen and oxygen atoms in total. The predicted octanol–water partition coefficient (Wildman–Crippen LogP) is 4.10. The molecule has 0 unspecified atom stereocenters. The summed E-state index contributed by atoms with van der Waals surface area (Å²) < 4.78 is 4.47. The first kappa shape index (κ1) is 15.2. The average molecular weight is 288 g/mol. The lowest BCUT2D eigenvalue weighted by molar-refractivity contribution is 0.416. The Morgan fingerprint density at radius 3 is 2.84 bits per heavy atom. The van der Waals surface area contributed by atoms with Gasteiger partial charge < -0.3 is 4.28 Å². The van der Waals surface area contributed by atoms with Gasteiger partial charge in [-0.1, -0.05) is 60.5 Å². The van der Waals surface area contributed by atoms with E-state index in [-0.39, 0.29) is 0 Å². The van der Waals surface area contributed by atoms with Gasteiger partial charge in [0.2, 0.25) is 0 Å². The summed E-state index contributed by atoms with van der Waals surface area (Å²) >= 11 is 4.95. The van der Waals surface area contributed by atoms with Crippen LogP contribution >= 0.6 is 24.7 Å². The van der Waals surface area contributed by atoms with E-state index in [4.69, 9.17) is 0 Å². The molecule has 0 fully saturated rings. The quantitative estimate of drug-likeness (QED) is 0.272. The Balaban J connectivity index is 3.28. The number of oxime groups is 1. The lowest BCUT2D eigenvalue weighted by Gasteiger charge is -2.03. The van der Waals surface area contributed by atoms with E-state index in [1.165, 1.54) is 11.8 Å². The second-order valence-corrected chi connectivity index (χ2v) is 4.30. The molecule has 0 bridgehead atoms. The fourth-order valence-corrected chi connectivity index (χ4v) is 2.22. The molecule has 0 amide bonds. The van der Waals surface area contributed by atoms with E-state index in [2.05, 4.69) is 41.6 Å². The van der Waals surface area contributed by atoms with Crippen LogP contribution in [0.5, 0.6) is 0 Å². The summed E-state index contributed by atoms with van der Waals surface area (Å²) in [6.07, 6.45) is 10.4. The third-order valence-corrected chi connectivity index (χ3v) is 3.05. The van der Waals surface area contributed by atoms with Gasteiger partial charge in [0.25, 0.3) is 0 Å². The largest absolute Gasteiger partial charge is 0.324 e. The second kappa shape index (κ2) is 8.25. The minimum atomic E-state index is 0.481. The first-order valence-corrected chi connectivity index (χ1v) is 6.51. The molecular weight excluding hydrogens is 276 g/mol. The van der Waals surface area contributed by atoms with E-state index >= 15 is 0 Å². The van der Waals surface area contributed by atoms with E-state index in [1.54, 1.807) is 30.4 Å². The van der Waals surface area contributed by atoms with Gasteiger partial charge >= 0.3 is 0 Å². The van der Waals surface area contributed by atoms with Crippen molar-refractivity contribution in [2.24, 2.45) is 5.16 Å². The van der Waals surface area contributed by atoms with Gasteiger partial charge in [-0.2, -0.15) is 5.26 Å². The van der Waals surface area contributed by atoms with Crippen molar-refractivity contribution in [3.05, 3.63) is 71.7 Å². The van der Waals surface area contributed by atoms with Crippen LogP contribution in [0.1, 0.15) is 0 Å².